The van der Waals surface area contributed by atoms with Gasteiger partial charge in [0.1, 0.15) is 0 Å². The Morgan fingerprint density at radius 2 is 1.88 bits per heavy atom. The third-order valence-electron chi connectivity index (χ3n) is 5.74. The van der Waals surface area contributed by atoms with E-state index in [2.05, 4.69) is 34.5 Å². The third-order valence-corrected chi connectivity index (χ3v) is 5.74. The largest absolute Gasteiger partial charge is 0.346 e. The van der Waals surface area contributed by atoms with Crippen molar-refractivity contribution in [2.45, 2.75) is 50.6 Å². The molecule has 1 aromatic carbocycles. The van der Waals surface area contributed by atoms with Crippen LogP contribution in [0.4, 0.5) is 0 Å². The average Bonchev–Trinajstić information content (AvgIpc) is 3.15. The zero-order chi connectivity index (χ0) is 17.2. The molecule has 1 saturated carbocycles. The summed E-state index contributed by atoms with van der Waals surface area (Å²) in [5.41, 5.74) is 2.80. The first-order valence-corrected chi connectivity index (χ1v) is 9.60. The lowest BCUT2D eigenvalue weighted by Gasteiger charge is -2.29. The molecule has 0 aromatic heterocycles. The Kier molecular flexibility index (Phi) is 4.75. The predicted octanol–water partition coefficient (Wildman–Crippen LogP) is 1.88. The number of aryl methyl sites for hydroxylation is 1. The van der Waals surface area contributed by atoms with Gasteiger partial charge in [-0.05, 0) is 49.7 Å². The first kappa shape index (κ1) is 16.6. The van der Waals surface area contributed by atoms with Gasteiger partial charge < -0.3 is 10.2 Å². The zero-order valence-corrected chi connectivity index (χ0v) is 14.7. The molecule has 5 nitrogen and oxygen atoms in total. The van der Waals surface area contributed by atoms with Crippen LogP contribution < -0.4 is 5.32 Å². The highest BCUT2D eigenvalue weighted by Crippen LogP contribution is 2.41. The molecule has 1 aromatic rings. The van der Waals surface area contributed by atoms with Crippen molar-refractivity contribution in [3.63, 3.8) is 0 Å². The molecular weight excluding hydrogens is 314 g/mol. The maximum atomic E-state index is 12.5. The second-order valence-electron chi connectivity index (χ2n) is 7.52. The summed E-state index contributed by atoms with van der Waals surface area (Å²) in [6.45, 7) is 2.21. The van der Waals surface area contributed by atoms with E-state index in [0.717, 1.165) is 38.8 Å². The molecule has 0 spiro atoms. The molecule has 2 aliphatic carbocycles. The number of benzene rings is 1. The summed E-state index contributed by atoms with van der Waals surface area (Å²) >= 11 is 0. The Bertz CT molecular complexity index is 650. The van der Waals surface area contributed by atoms with Crippen molar-refractivity contribution < 1.29 is 9.59 Å². The van der Waals surface area contributed by atoms with Crippen molar-refractivity contribution in [1.82, 2.24) is 15.1 Å². The number of carbonyl (C=O) groups is 2. The average molecular weight is 341 g/mol. The molecule has 1 N–H and O–H groups in total. The van der Waals surface area contributed by atoms with Gasteiger partial charge in [0.15, 0.2) is 0 Å². The number of hydrogen-bond donors (Lipinski definition) is 1. The van der Waals surface area contributed by atoms with E-state index in [1.807, 2.05) is 4.90 Å². The SMILES string of the molecule is O=C(CN(C1CC1)C1CCc2ccccc21)NCC(=O)N1CCCC1. The van der Waals surface area contributed by atoms with Gasteiger partial charge in [0.05, 0.1) is 13.1 Å². The number of fused-ring (bicyclic) bond motifs is 1. The Morgan fingerprint density at radius 1 is 1.12 bits per heavy atom. The summed E-state index contributed by atoms with van der Waals surface area (Å²) in [6.07, 6.45) is 6.71. The van der Waals surface area contributed by atoms with Crippen molar-refractivity contribution in [2.75, 3.05) is 26.2 Å². The Hall–Kier alpha value is -1.88. The molecule has 2 fully saturated rings. The van der Waals surface area contributed by atoms with Gasteiger partial charge in [-0.15, -0.1) is 0 Å². The van der Waals surface area contributed by atoms with Gasteiger partial charge in [0.2, 0.25) is 11.8 Å². The van der Waals surface area contributed by atoms with Gasteiger partial charge >= 0.3 is 0 Å². The Balaban J connectivity index is 1.34. The lowest BCUT2D eigenvalue weighted by atomic mass is 10.1. The minimum atomic E-state index is -0.0242. The highest BCUT2D eigenvalue weighted by atomic mass is 16.2. The molecular formula is C20H27N3O2. The highest BCUT2D eigenvalue weighted by molar-refractivity contribution is 5.85. The fourth-order valence-electron chi connectivity index (χ4n) is 4.25. The summed E-state index contributed by atoms with van der Waals surface area (Å²) in [6, 6.07) is 9.47. The van der Waals surface area contributed by atoms with Gasteiger partial charge in [0.25, 0.3) is 0 Å². The number of rotatable bonds is 6. The molecule has 0 bridgehead atoms. The van der Waals surface area contributed by atoms with Crippen LogP contribution in [0.5, 0.6) is 0 Å². The summed E-state index contributed by atoms with van der Waals surface area (Å²) in [5, 5.41) is 2.85. The minimum Gasteiger partial charge on any atom is -0.346 e. The van der Waals surface area contributed by atoms with Crippen molar-refractivity contribution in [3.8, 4) is 0 Å². The first-order valence-electron chi connectivity index (χ1n) is 9.60. The monoisotopic (exact) mass is 341 g/mol. The lowest BCUT2D eigenvalue weighted by Crippen LogP contribution is -2.44. The molecule has 1 heterocycles. The molecule has 3 aliphatic rings. The number of hydrogen-bond acceptors (Lipinski definition) is 3. The fraction of sp³-hybridized carbons (Fsp3) is 0.600. The van der Waals surface area contributed by atoms with Gasteiger partial charge in [0, 0.05) is 25.2 Å². The van der Waals surface area contributed by atoms with Crippen LogP contribution in [0, 0.1) is 0 Å². The summed E-state index contributed by atoms with van der Waals surface area (Å²) < 4.78 is 0. The van der Waals surface area contributed by atoms with E-state index >= 15 is 0 Å². The van der Waals surface area contributed by atoms with Crippen molar-refractivity contribution in [2.24, 2.45) is 0 Å². The Labute approximate surface area is 149 Å². The molecule has 1 atom stereocenters. The van der Waals surface area contributed by atoms with Crippen molar-refractivity contribution in [1.29, 1.82) is 0 Å². The van der Waals surface area contributed by atoms with Crippen molar-refractivity contribution in [3.05, 3.63) is 35.4 Å². The molecule has 0 radical (unpaired) electrons. The molecule has 1 unspecified atom stereocenters. The molecule has 4 rings (SSSR count). The van der Waals surface area contributed by atoms with E-state index in [1.165, 1.54) is 24.0 Å². The second kappa shape index (κ2) is 7.16. The fourth-order valence-corrected chi connectivity index (χ4v) is 4.25. The molecule has 1 saturated heterocycles. The molecule has 25 heavy (non-hydrogen) atoms. The third kappa shape index (κ3) is 3.71. The van der Waals surface area contributed by atoms with E-state index < -0.39 is 0 Å². The predicted molar refractivity (Wildman–Crippen MR) is 96.1 cm³/mol. The van der Waals surface area contributed by atoms with Gasteiger partial charge in [-0.1, -0.05) is 24.3 Å². The molecule has 5 heteroatoms. The van der Waals surface area contributed by atoms with Crippen LogP contribution in [-0.2, 0) is 16.0 Å². The van der Waals surface area contributed by atoms with E-state index in [0.29, 0.717) is 18.6 Å². The van der Waals surface area contributed by atoms with Gasteiger partial charge in [-0.3, -0.25) is 14.5 Å². The Morgan fingerprint density at radius 3 is 2.64 bits per heavy atom. The maximum absolute atomic E-state index is 12.5. The van der Waals surface area contributed by atoms with Gasteiger partial charge in [-0.25, -0.2) is 0 Å². The normalized spacial score (nSPS) is 22.3. The van der Waals surface area contributed by atoms with Crippen LogP contribution in [0.15, 0.2) is 24.3 Å². The van der Waals surface area contributed by atoms with Crippen molar-refractivity contribution >= 4 is 11.8 Å². The highest BCUT2D eigenvalue weighted by Gasteiger charge is 2.38. The van der Waals surface area contributed by atoms with E-state index in [1.54, 1.807) is 0 Å². The van der Waals surface area contributed by atoms with E-state index in [-0.39, 0.29) is 18.4 Å². The molecule has 134 valence electrons. The zero-order valence-electron chi connectivity index (χ0n) is 14.7. The van der Waals surface area contributed by atoms with E-state index in [4.69, 9.17) is 0 Å². The standard InChI is InChI=1S/C20H27N3O2/c24-19(21-13-20(25)22-11-3-4-12-22)14-23(16-8-9-16)18-10-7-15-5-1-2-6-17(15)18/h1-2,5-6,16,18H,3-4,7-14H2,(H,21,24). The number of nitrogens with zero attached hydrogens (tertiary/aromatic N) is 2. The number of carbonyl (C=O) groups excluding carboxylic acids is 2. The second-order valence-corrected chi connectivity index (χ2v) is 7.52. The van der Waals surface area contributed by atoms with Gasteiger partial charge in [-0.2, -0.15) is 0 Å². The first-order chi connectivity index (χ1) is 12.2. The quantitative estimate of drug-likeness (QED) is 0.859. The van der Waals surface area contributed by atoms with Crippen LogP contribution >= 0.6 is 0 Å². The van der Waals surface area contributed by atoms with Crippen LogP contribution in [-0.4, -0.2) is 53.8 Å². The topological polar surface area (TPSA) is 52.7 Å². The number of amides is 2. The van der Waals surface area contributed by atoms with E-state index in [9.17, 15) is 9.59 Å². The van der Waals surface area contributed by atoms with Crippen LogP contribution in [0.3, 0.4) is 0 Å². The van der Waals surface area contributed by atoms with Crippen LogP contribution in [0.1, 0.15) is 49.3 Å². The minimum absolute atomic E-state index is 0.0242. The number of likely N-dealkylation sites (tertiary alicyclic amines) is 1. The molecule has 2 amide bonds. The summed E-state index contributed by atoms with van der Waals surface area (Å²) in [4.78, 5) is 28.8. The number of nitrogens with one attached hydrogen (secondary N) is 1. The summed E-state index contributed by atoms with van der Waals surface area (Å²) in [7, 11) is 0. The maximum Gasteiger partial charge on any atom is 0.241 e. The van der Waals surface area contributed by atoms with Crippen LogP contribution in [0.25, 0.3) is 0 Å². The van der Waals surface area contributed by atoms with Crippen LogP contribution in [0.2, 0.25) is 0 Å². The smallest absolute Gasteiger partial charge is 0.241 e. The summed E-state index contributed by atoms with van der Waals surface area (Å²) in [5.74, 6) is 0.0267. The lowest BCUT2D eigenvalue weighted by molar-refractivity contribution is -0.132. The molecule has 1 aliphatic heterocycles.